The molecule has 3 atom stereocenters. The molecule has 0 radical (unpaired) electrons. The van der Waals surface area contributed by atoms with Crippen molar-refractivity contribution in [2.24, 2.45) is 11.7 Å². The van der Waals surface area contributed by atoms with Gasteiger partial charge in [0, 0.05) is 6.04 Å². The monoisotopic (exact) mass is 380 g/mol. The first-order valence-electron chi connectivity index (χ1n) is 8.16. The molecule has 0 spiro atoms. The van der Waals surface area contributed by atoms with Gasteiger partial charge in [-0.05, 0) is 44.4 Å². The van der Waals surface area contributed by atoms with Gasteiger partial charge in [-0.2, -0.15) is 13.2 Å². The summed E-state index contributed by atoms with van der Waals surface area (Å²) in [5.74, 6) is -0.554. The summed E-state index contributed by atoms with van der Waals surface area (Å²) in [5, 5.41) is 2.87. The van der Waals surface area contributed by atoms with E-state index in [9.17, 15) is 18.0 Å². The molecular weight excluding hydrogens is 357 g/mol. The van der Waals surface area contributed by atoms with E-state index in [1.54, 1.807) is 0 Å². The number of ether oxygens (including phenoxy) is 1. The number of nitrogens with one attached hydrogen (secondary N) is 1. The van der Waals surface area contributed by atoms with Crippen LogP contribution in [0.2, 0.25) is 0 Å². The average Bonchev–Trinajstić information content (AvgIpc) is 2.54. The number of hydrogen-bond donors (Lipinski definition) is 2. The average molecular weight is 381 g/mol. The van der Waals surface area contributed by atoms with E-state index in [2.05, 4.69) is 5.32 Å². The number of para-hydroxylation sites is 1. The van der Waals surface area contributed by atoms with Crippen LogP contribution in [0.1, 0.15) is 38.2 Å². The van der Waals surface area contributed by atoms with Gasteiger partial charge in [-0.25, -0.2) is 0 Å². The fourth-order valence-corrected chi connectivity index (χ4v) is 3.03. The molecule has 1 saturated carbocycles. The summed E-state index contributed by atoms with van der Waals surface area (Å²) in [6.07, 6.45) is -1.67. The second-order valence-corrected chi connectivity index (χ2v) is 6.15. The van der Waals surface area contributed by atoms with Gasteiger partial charge in [0.25, 0.3) is 5.91 Å². The number of alkyl halides is 3. The van der Waals surface area contributed by atoms with Gasteiger partial charge in [0.15, 0.2) is 6.10 Å². The van der Waals surface area contributed by atoms with Gasteiger partial charge >= 0.3 is 6.18 Å². The molecule has 0 aromatic heterocycles. The Bertz CT molecular complexity index is 569. The van der Waals surface area contributed by atoms with Gasteiger partial charge in [-0.15, -0.1) is 12.4 Å². The second kappa shape index (κ2) is 9.29. The van der Waals surface area contributed by atoms with Gasteiger partial charge in [0.05, 0.1) is 5.56 Å². The Kier molecular flexibility index (Phi) is 8.02. The highest BCUT2D eigenvalue weighted by atomic mass is 35.5. The minimum absolute atomic E-state index is 0. The first-order valence-corrected chi connectivity index (χ1v) is 8.16. The fraction of sp³-hybridized carbons (Fsp3) is 0.588. The van der Waals surface area contributed by atoms with Gasteiger partial charge < -0.3 is 15.8 Å². The molecule has 1 aromatic carbocycles. The third-order valence-corrected chi connectivity index (χ3v) is 4.40. The molecule has 1 fully saturated rings. The van der Waals surface area contributed by atoms with E-state index in [-0.39, 0.29) is 30.1 Å². The number of hydrogen-bond acceptors (Lipinski definition) is 3. The van der Waals surface area contributed by atoms with Crippen LogP contribution in [0.5, 0.6) is 5.75 Å². The SMILES string of the molecule is CC(Oc1ccccc1C(F)(F)F)C(=O)NC1CCCCC1CN.Cl. The second-order valence-electron chi connectivity index (χ2n) is 6.15. The van der Waals surface area contributed by atoms with Crippen LogP contribution in [0.3, 0.4) is 0 Å². The highest BCUT2D eigenvalue weighted by molar-refractivity contribution is 5.85. The lowest BCUT2D eigenvalue weighted by molar-refractivity contribution is -0.141. The summed E-state index contributed by atoms with van der Waals surface area (Å²) in [5.41, 5.74) is 4.84. The number of amides is 1. The van der Waals surface area contributed by atoms with E-state index < -0.39 is 23.8 Å². The zero-order chi connectivity index (χ0) is 17.7. The van der Waals surface area contributed by atoms with Crippen LogP contribution in [-0.4, -0.2) is 24.6 Å². The quantitative estimate of drug-likeness (QED) is 0.821. The van der Waals surface area contributed by atoms with Crippen LogP contribution in [0, 0.1) is 5.92 Å². The summed E-state index contributed by atoms with van der Waals surface area (Å²) >= 11 is 0. The van der Waals surface area contributed by atoms with Crippen LogP contribution in [0.25, 0.3) is 0 Å². The van der Waals surface area contributed by atoms with Crippen molar-refractivity contribution < 1.29 is 22.7 Å². The molecule has 142 valence electrons. The predicted octanol–water partition coefficient (Wildman–Crippen LogP) is 3.53. The van der Waals surface area contributed by atoms with Crippen molar-refractivity contribution >= 4 is 18.3 Å². The summed E-state index contributed by atoms with van der Waals surface area (Å²) in [4.78, 5) is 12.3. The molecule has 1 amide bonds. The zero-order valence-electron chi connectivity index (χ0n) is 14.0. The molecule has 0 heterocycles. The minimum Gasteiger partial charge on any atom is -0.480 e. The molecule has 4 nitrogen and oxygen atoms in total. The Hall–Kier alpha value is -1.47. The molecule has 1 aliphatic carbocycles. The Labute approximate surface area is 151 Å². The number of carbonyl (C=O) groups excluding carboxylic acids is 1. The number of nitrogens with two attached hydrogens (primary N) is 1. The molecule has 8 heteroatoms. The molecule has 1 aliphatic rings. The molecule has 0 aliphatic heterocycles. The molecule has 0 bridgehead atoms. The summed E-state index contributed by atoms with van der Waals surface area (Å²) in [6, 6.07) is 4.84. The van der Waals surface area contributed by atoms with Crippen molar-refractivity contribution in [2.75, 3.05) is 6.54 Å². The van der Waals surface area contributed by atoms with Crippen molar-refractivity contribution in [2.45, 2.75) is 50.9 Å². The molecule has 3 unspecified atom stereocenters. The van der Waals surface area contributed by atoms with Crippen molar-refractivity contribution in [3.05, 3.63) is 29.8 Å². The number of halogens is 4. The van der Waals surface area contributed by atoms with Gasteiger partial charge in [0.1, 0.15) is 5.75 Å². The van der Waals surface area contributed by atoms with E-state index in [0.29, 0.717) is 6.54 Å². The van der Waals surface area contributed by atoms with E-state index in [0.717, 1.165) is 31.7 Å². The lowest BCUT2D eigenvalue weighted by Crippen LogP contribution is -2.48. The van der Waals surface area contributed by atoms with Crippen LogP contribution in [-0.2, 0) is 11.0 Å². The Morgan fingerprint density at radius 3 is 2.60 bits per heavy atom. The van der Waals surface area contributed by atoms with Gasteiger partial charge in [0.2, 0.25) is 0 Å². The maximum Gasteiger partial charge on any atom is 0.419 e. The third-order valence-electron chi connectivity index (χ3n) is 4.40. The fourth-order valence-electron chi connectivity index (χ4n) is 3.03. The maximum atomic E-state index is 13.0. The highest BCUT2D eigenvalue weighted by Crippen LogP contribution is 2.36. The van der Waals surface area contributed by atoms with Gasteiger partial charge in [-0.3, -0.25) is 4.79 Å². The molecule has 3 N–H and O–H groups in total. The molecule has 1 aromatic rings. The largest absolute Gasteiger partial charge is 0.480 e. The third kappa shape index (κ3) is 5.78. The summed E-state index contributed by atoms with van der Waals surface area (Å²) in [6.45, 7) is 1.93. The van der Waals surface area contributed by atoms with Crippen molar-refractivity contribution in [1.29, 1.82) is 0 Å². The minimum atomic E-state index is -4.53. The molecule has 0 saturated heterocycles. The van der Waals surface area contributed by atoms with Crippen molar-refractivity contribution in [3.63, 3.8) is 0 Å². The molecule has 25 heavy (non-hydrogen) atoms. The van der Waals surface area contributed by atoms with E-state index >= 15 is 0 Å². The first kappa shape index (κ1) is 21.6. The molecule has 2 rings (SSSR count). The van der Waals surface area contributed by atoms with Gasteiger partial charge in [-0.1, -0.05) is 25.0 Å². The molecular formula is C17H24ClF3N2O2. The smallest absolute Gasteiger partial charge is 0.419 e. The Balaban J connectivity index is 0.00000312. The number of carbonyl (C=O) groups is 1. The normalized spacial score (nSPS) is 21.8. The van der Waals surface area contributed by atoms with E-state index in [1.807, 2.05) is 0 Å². The van der Waals surface area contributed by atoms with Crippen LogP contribution in [0.15, 0.2) is 24.3 Å². The number of benzene rings is 1. The lowest BCUT2D eigenvalue weighted by Gasteiger charge is -2.32. The maximum absolute atomic E-state index is 13.0. The van der Waals surface area contributed by atoms with Crippen molar-refractivity contribution in [3.8, 4) is 5.75 Å². The first-order chi connectivity index (χ1) is 11.3. The van der Waals surface area contributed by atoms with E-state index in [4.69, 9.17) is 10.5 Å². The Morgan fingerprint density at radius 1 is 1.32 bits per heavy atom. The number of rotatable bonds is 5. The standard InChI is InChI=1S/C17H23F3N2O2.ClH/c1-11(16(23)22-14-8-4-2-6-12(14)10-21)24-15-9-5-3-7-13(15)17(18,19)20;/h3,5,7,9,11-12,14H,2,4,6,8,10,21H2,1H3,(H,22,23);1H. The zero-order valence-corrected chi connectivity index (χ0v) is 14.8. The highest BCUT2D eigenvalue weighted by Gasteiger charge is 2.35. The van der Waals surface area contributed by atoms with Crippen molar-refractivity contribution in [1.82, 2.24) is 5.32 Å². The van der Waals surface area contributed by atoms with Crippen LogP contribution < -0.4 is 15.8 Å². The predicted molar refractivity (Wildman–Crippen MR) is 91.7 cm³/mol. The Morgan fingerprint density at radius 2 is 1.96 bits per heavy atom. The van der Waals surface area contributed by atoms with Crippen LogP contribution >= 0.6 is 12.4 Å². The van der Waals surface area contributed by atoms with E-state index in [1.165, 1.54) is 25.1 Å². The topological polar surface area (TPSA) is 64.3 Å². The summed E-state index contributed by atoms with van der Waals surface area (Å²) in [7, 11) is 0. The van der Waals surface area contributed by atoms with Crippen LogP contribution in [0.4, 0.5) is 13.2 Å². The lowest BCUT2D eigenvalue weighted by atomic mass is 9.84. The summed E-state index contributed by atoms with van der Waals surface area (Å²) < 4.78 is 44.2.